The van der Waals surface area contributed by atoms with Crippen LogP contribution in [0, 0.1) is 6.07 Å². The second-order valence-corrected chi connectivity index (χ2v) is 2.72. The molecule has 0 spiro atoms. The summed E-state index contributed by atoms with van der Waals surface area (Å²) in [5, 5.41) is -4.01. The third-order valence-corrected chi connectivity index (χ3v) is 1.36. The van der Waals surface area contributed by atoms with Crippen molar-refractivity contribution in [1.82, 2.24) is 0 Å². The first kappa shape index (κ1) is 10.2. The van der Waals surface area contributed by atoms with Gasteiger partial charge in [0.2, 0.25) is 0 Å². The summed E-state index contributed by atoms with van der Waals surface area (Å²) >= 11 is 4.39. The summed E-state index contributed by atoms with van der Waals surface area (Å²) in [6.07, 6.45) is -2.85. The molecule has 1 atom stereocenters. The van der Waals surface area contributed by atoms with Crippen molar-refractivity contribution >= 4 is 11.6 Å². The van der Waals surface area contributed by atoms with E-state index in [-0.39, 0.29) is 5.75 Å². The zero-order chi connectivity index (χ0) is 9.90. The topological polar surface area (TPSA) is 9.23 Å². The summed E-state index contributed by atoms with van der Waals surface area (Å²) in [5.74, 6) is -0.0217. The fourth-order valence-electron chi connectivity index (χ4n) is 0.636. The van der Waals surface area contributed by atoms with Gasteiger partial charge in [0, 0.05) is 0 Å². The quantitative estimate of drug-likeness (QED) is 0.696. The molecule has 1 rings (SSSR count). The standard InChI is InChI=1S/C8H5ClF3O/c9-8(11,12)7(10)13-6-4-2-1-3-5-6/h2-5,7H. The van der Waals surface area contributed by atoms with E-state index in [0.717, 1.165) is 0 Å². The summed E-state index contributed by atoms with van der Waals surface area (Å²) < 4.78 is 40.8. The number of hydrogen-bond donors (Lipinski definition) is 0. The average molecular weight is 210 g/mol. The molecular formula is C8H5ClF3O. The number of rotatable bonds is 3. The summed E-state index contributed by atoms with van der Waals surface area (Å²) in [5.41, 5.74) is 0. The number of hydrogen-bond acceptors (Lipinski definition) is 1. The normalized spacial score (nSPS) is 13.8. The van der Waals surface area contributed by atoms with E-state index in [9.17, 15) is 13.2 Å². The SMILES string of the molecule is FC(Oc1cc[c]cc1)C(F)(F)Cl. The van der Waals surface area contributed by atoms with Crippen LogP contribution in [0.25, 0.3) is 0 Å². The van der Waals surface area contributed by atoms with Crippen molar-refractivity contribution in [2.24, 2.45) is 0 Å². The first-order chi connectivity index (χ1) is 6.00. The van der Waals surface area contributed by atoms with Crippen LogP contribution in [0.3, 0.4) is 0 Å². The van der Waals surface area contributed by atoms with Crippen molar-refractivity contribution in [3.8, 4) is 5.75 Å². The lowest BCUT2D eigenvalue weighted by atomic mass is 10.3. The van der Waals surface area contributed by atoms with Gasteiger partial charge in [-0.2, -0.15) is 13.2 Å². The Balaban J connectivity index is 2.61. The average Bonchev–Trinajstić information content (AvgIpc) is 2.04. The lowest BCUT2D eigenvalue weighted by Gasteiger charge is -2.14. The van der Waals surface area contributed by atoms with E-state index < -0.39 is 11.7 Å². The Bertz CT molecular complexity index is 260. The first-order valence-corrected chi connectivity index (χ1v) is 3.71. The van der Waals surface area contributed by atoms with Crippen LogP contribution in [0.15, 0.2) is 24.3 Å². The number of halogens is 4. The van der Waals surface area contributed by atoms with Crippen LogP contribution in [0.2, 0.25) is 0 Å². The van der Waals surface area contributed by atoms with E-state index >= 15 is 0 Å². The Morgan fingerprint density at radius 2 is 1.92 bits per heavy atom. The van der Waals surface area contributed by atoms with Gasteiger partial charge in [-0.05, 0) is 29.8 Å². The van der Waals surface area contributed by atoms with Crippen molar-refractivity contribution in [2.45, 2.75) is 11.7 Å². The molecule has 1 aromatic carbocycles. The summed E-state index contributed by atoms with van der Waals surface area (Å²) in [7, 11) is 0. The monoisotopic (exact) mass is 209 g/mol. The predicted molar refractivity (Wildman–Crippen MR) is 41.6 cm³/mol. The molecule has 1 aromatic rings. The van der Waals surface area contributed by atoms with Crippen LogP contribution < -0.4 is 4.74 Å². The maximum atomic E-state index is 12.5. The van der Waals surface area contributed by atoms with Gasteiger partial charge in [-0.3, -0.25) is 0 Å². The third-order valence-electron chi connectivity index (χ3n) is 1.18. The number of alkyl halides is 4. The van der Waals surface area contributed by atoms with E-state index in [0.29, 0.717) is 0 Å². The van der Waals surface area contributed by atoms with E-state index in [1.165, 1.54) is 24.3 Å². The van der Waals surface area contributed by atoms with Crippen LogP contribution in [0.5, 0.6) is 5.75 Å². The van der Waals surface area contributed by atoms with Crippen LogP contribution in [-0.4, -0.2) is 11.7 Å². The second-order valence-electron chi connectivity index (χ2n) is 2.21. The molecule has 5 heteroatoms. The minimum absolute atomic E-state index is 0.0217. The lowest BCUT2D eigenvalue weighted by Crippen LogP contribution is -2.28. The smallest absolute Gasteiger partial charge is 0.387 e. The van der Waals surface area contributed by atoms with Crippen LogP contribution in [0.1, 0.15) is 0 Å². The Hall–Kier alpha value is -0.900. The highest BCUT2D eigenvalue weighted by atomic mass is 35.5. The highest BCUT2D eigenvalue weighted by molar-refractivity contribution is 6.22. The number of ether oxygens (including phenoxy) is 1. The molecule has 0 aliphatic heterocycles. The van der Waals surface area contributed by atoms with Crippen molar-refractivity contribution in [3.05, 3.63) is 30.3 Å². The van der Waals surface area contributed by atoms with Gasteiger partial charge in [0.15, 0.2) is 0 Å². The van der Waals surface area contributed by atoms with Gasteiger partial charge < -0.3 is 4.74 Å². The van der Waals surface area contributed by atoms with E-state index in [4.69, 9.17) is 0 Å². The molecule has 0 aliphatic carbocycles. The zero-order valence-corrected chi connectivity index (χ0v) is 7.06. The van der Waals surface area contributed by atoms with Gasteiger partial charge in [0.25, 0.3) is 0 Å². The maximum absolute atomic E-state index is 12.5. The molecule has 0 aliphatic rings. The van der Waals surface area contributed by atoms with Crippen molar-refractivity contribution < 1.29 is 17.9 Å². The van der Waals surface area contributed by atoms with Gasteiger partial charge in [0.05, 0.1) is 0 Å². The molecule has 13 heavy (non-hydrogen) atoms. The van der Waals surface area contributed by atoms with Gasteiger partial charge in [0.1, 0.15) is 5.75 Å². The van der Waals surface area contributed by atoms with Crippen LogP contribution in [-0.2, 0) is 0 Å². The molecule has 0 N–H and O–H groups in total. The minimum Gasteiger partial charge on any atom is -0.453 e. The second kappa shape index (κ2) is 3.87. The Kier molecular flexibility index (Phi) is 3.03. The molecule has 0 fully saturated rings. The molecule has 0 aromatic heterocycles. The molecule has 0 saturated carbocycles. The third kappa shape index (κ3) is 3.14. The first-order valence-electron chi connectivity index (χ1n) is 3.34. The molecule has 1 nitrogen and oxygen atoms in total. The minimum atomic E-state index is -4.01. The lowest BCUT2D eigenvalue weighted by molar-refractivity contribution is -0.0971. The van der Waals surface area contributed by atoms with Gasteiger partial charge in [-0.1, -0.05) is 12.1 Å². The van der Waals surface area contributed by atoms with Crippen molar-refractivity contribution in [2.75, 3.05) is 0 Å². The van der Waals surface area contributed by atoms with Gasteiger partial charge in [-0.25, -0.2) is 0 Å². The fourth-order valence-corrected chi connectivity index (χ4v) is 0.681. The molecule has 0 bridgehead atoms. The van der Waals surface area contributed by atoms with Crippen LogP contribution in [0.4, 0.5) is 13.2 Å². The molecule has 71 valence electrons. The Labute approximate surface area is 78.1 Å². The summed E-state index contributed by atoms with van der Waals surface area (Å²) in [4.78, 5) is 0. The molecular weight excluding hydrogens is 205 g/mol. The number of benzene rings is 1. The van der Waals surface area contributed by atoms with Crippen molar-refractivity contribution in [3.63, 3.8) is 0 Å². The molecule has 1 radical (unpaired) electrons. The van der Waals surface area contributed by atoms with E-state index in [1.807, 2.05) is 0 Å². The molecule has 0 saturated heterocycles. The van der Waals surface area contributed by atoms with E-state index in [1.54, 1.807) is 0 Å². The van der Waals surface area contributed by atoms with E-state index in [2.05, 4.69) is 22.4 Å². The van der Waals surface area contributed by atoms with Gasteiger partial charge in [-0.15, -0.1) is 0 Å². The van der Waals surface area contributed by atoms with Crippen molar-refractivity contribution in [1.29, 1.82) is 0 Å². The molecule has 0 heterocycles. The Morgan fingerprint density at radius 3 is 2.38 bits per heavy atom. The molecule has 0 amide bonds. The van der Waals surface area contributed by atoms with Crippen LogP contribution >= 0.6 is 11.6 Å². The maximum Gasteiger partial charge on any atom is 0.387 e. The molecule has 1 unspecified atom stereocenters. The fraction of sp³-hybridized carbons (Fsp3) is 0.250. The highest BCUT2D eigenvalue weighted by Gasteiger charge is 2.39. The van der Waals surface area contributed by atoms with Gasteiger partial charge >= 0.3 is 11.7 Å². The zero-order valence-electron chi connectivity index (χ0n) is 6.31. The summed E-state index contributed by atoms with van der Waals surface area (Å²) in [6, 6.07) is 8.05. The highest BCUT2D eigenvalue weighted by Crippen LogP contribution is 2.28. The predicted octanol–water partition coefficient (Wildman–Crippen LogP) is 2.99. The largest absolute Gasteiger partial charge is 0.453 e. The Morgan fingerprint density at radius 1 is 1.38 bits per heavy atom. The summed E-state index contributed by atoms with van der Waals surface area (Å²) in [6.45, 7) is 0.